The van der Waals surface area contributed by atoms with Gasteiger partial charge in [0.1, 0.15) is 5.69 Å². The van der Waals surface area contributed by atoms with Gasteiger partial charge in [0.05, 0.1) is 16.3 Å². The van der Waals surface area contributed by atoms with Gasteiger partial charge in [0.25, 0.3) is 5.91 Å². The van der Waals surface area contributed by atoms with Crippen LogP contribution in [0.2, 0.25) is 0 Å². The van der Waals surface area contributed by atoms with E-state index in [-0.39, 0.29) is 5.91 Å². The lowest BCUT2D eigenvalue weighted by atomic mass is 10.1. The molecule has 1 aliphatic heterocycles. The summed E-state index contributed by atoms with van der Waals surface area (Å²) in [6.07, 6.45) is 1.91. The van der Waals surface area contributed by atoms with Crippen molar-refractivity contribution in [2.45, 2.75) is 17.7 Å². The van der Waals surface area contributed by atoms with Gasteiger partial charge in [-0.1, -0.05) is 12.1 Å². The lowest BCUT2D eigenvalue weighted by Gasteiger charge is -2.04. The summed E-state index contributed by atoms with van der Waals surface area (Å²) in [7, 11) is 0. The molecule has 4 heterocycles. The largest absolute Gasteiger partial charge is 0.353 e. The van der Waals surface area contributed by atoms with Gasteiger partial charge >= 0.3 is 0 Å². The maximum absolute atomic E-state index is 12.5. The number of aromatic nitrogens is 3. The third-order valence-corrected chi connectivity index (χ3v) is 6.84. The van der Waals surface area contributed by atoms with Crippen LogP contribution in [0.1, 0.15) is 20.9 Å². The van der Waals surface area contributed by atoms with Gasteiger partial charge in [-0.2, -0.15) is 5.10 Å². The topological polar surface area (TPSA) is 73.6 Å². The van der Waals surface area contributed by atoms with Crippen molar-refractivity contribution in [1.29, 1.82) is 0 Å². The molecule has 1 amide bonds. The zero-order valence-corrected chi connectivity index (χ0v) is 16.2. The number of nitrogens with one attached hydrogen (secondary N) is 3. The Balaban J connectivity index is 1.35. The van der Waals surface area contributed by atoms with E-state index in [9.17, 15) is 4.79 Å². The Bertz CT molecular complexity index is 1110. The molecule has 3 N–H and O–H groups in total. The molecule has 7 heteroatoms. The van der Waals surface area contributed by atoms with E-state index in [0.29, 0.717) is 12.1 Å². The summed E-state index contributed by atoms with van der Waals surface area (Å²) in [5, 5.41) is 13.8. The van der Waals surface area contributed by atoms with Gasteiger partial charge in [-0.15, -0.1) is 23.1 Å². The van der Waals surface area contributed by atoms with Gasteiger partial charge in [0, 0.05) is 33.6 Å². The molecule has 0 bridgehead atoms. The highest BCUT2D eigenvalue weighted by molar-refractivity contribution is 7.99. The molecule has 0 fully saturated rings. The maximum Gasteiger partial charge on any atom is 0.251 e. The minimum atomic E-state index is -0.0409. The average Bonchev–Trinajstić information content (AvgIpc) is 3.43. The van der Waals surface area contributed by atoms with Crippen LogP contribution >= 0.6 is 23.1 Å². The van der Waals surface area contributed by atoms with E-state index in [1.807, 2.05) is 36.0 Å². The molecule has 0 saturated heterocycles. The molecular weight excluding hydrogens is 376 g/mol. The summed E-state index contributed by atoms with van der Waals surface area (Å²) in [6.45, 7) is 0.643. The third kappa shape index (κ3) is 3.17. The summed E-state index contributed by atoms with van der Waals surface area (Å²) in [6, 6.07) is 12.0. The van der Waals surface area contributed by atoms with Crippen molar-refractivity contribution in [3.05, 3.63) is 57.9 Å². The molecule has 0 unspecified atom stereocenters. The van der Waals surface area contributed by atoms with E-state index in [1.54, 1.807) is 11.3 Å². The maximum atomic E-state index is 12.5. The van der Waals surface area contributed by atoms with Crippen LogP contribution in [0.5, 0.6) is 0 Å². The highest BCUT2D eigenvalue weighted by Gasteiger charge is 2.21. The fourth-order valence-electron chi connectivity index (χ4n) is 3.38. The first-order valence-electron chi connectivity index (χ1n) is 8.92. The highest BCUT2D eigenvalue weighted by Crippen LogP contribution is 2.38. The Hall–Kier alpha value is -2.51. The van der Waals surface area contributed by atoms with Crippen LogP contribution in [-0.4, -0.2) is 33.4 Å². The van der Waals surface area contributed by atoms with E-state index in [2.05, 4.69) is 38.0 Å². The fourth-order valence-corrected chi connectivity index (χ4v) is 5.22. The van der Waals surface area contributed by atoms with Gasteiger partial charge in [0.15, 0.2) is 0 Å². The van der Waals surface area contributed by atoms with Crippen LogP contribution in [0.15, 0.2) is 46.7 Å². The second kappa shape index (κ2) is 6.90. The number of nitrogens with zero attached hydrogens (tertiary/aromatic N) is 1. The van der Waals surface area contributed by atoms with Crippen LogP contribution in [0.25, 0.3) is 22.3 Å². The number of hydrogen-bond acceptors (Lipinski definition) is 4. The Morgan fingerprint density at radius 1 is 1.26 bits per heavy atom. The summed E-state index contributed by atoms with van der Waals surface area (Å²) in [4.78, 5) is 18.4. The zero-order chi connectivity index (χ0) is 18.2. The predicted molar refractivity (Wildman–Crippen MR) is 111 cm³/mol. The van der Waals surface area contributed by atoms with E-state index in [0.717, 1.165) is 40.9 Å². The van der Waals surface area contributed by atoms with Gasteiger partial charge in [0.2, 0.25) is 0 Å². The smallest absolute Gasteiger partial charge is 0.251 e. The molecule has 136 valence electrons. The third-order valence-electron chi connectivity index (χ3n) is 4.77. The summed E-state index contributed by atoms with van der Waals surface area (Å²) >= 11 is 3.56. The van der Waals surface area contributed by atoms with Crippen molar-refractivity contribution < 1.29 is 4.79 Å². The van der Waals surface area contributed by atoms with Crippen molar-refractivity contribution in [3.63, 3.8) is 0 Å². The first kappa shape index (κ1) is 16.6. The standard InChI is InChI=1S/C20H18N4OS2/c25-20(21-7-5-14-2-1-8-26-14)13-4-3-12-10-17(22-16(12)11-13)18-19-15(23-24-18)6-9-27-19/h1-4,8,10-11,22H,5-7,9H2,(H,21,25)(H,23,24). The molecule has 27 heavy (non-hydrogen) atoms. The molecule has 1 aromatic carbocycles. The summed E-state index contributed by atoms with van der Waals surface area (Å²) < 4.78 is 0. The Morgan fingerprint density at radius 3 is 3.11 bits per heavy atom. The van der Waals surface area contributed by atoms with E-state index < -0.39 is 0 Å². The molecule has 0 aliphatic carbocycles. The number of carbonyl (C=O) groups is 1. The summed E-state index contributed by atoms with van der Waals surface area (Å²) in [5.74, 6) is 1.06. The molecule has 4 aromatic rings. The number of H-pyrrole nitrogens is 2. The fraction of sp³-hybridized carbons (Fsp3) is 0.200. The van der Waals surface area contributed by atoms with Crippen LogP contribution in [0, 0.1) is 0 Å². The van der Waals surface area contributed by atoms with Gasteiger partial charge in [-0.25, -0.2) is 0 Å². The van der Waals surface area contributed by atoms with Crippen molar-refractivity contribution in [2.24, 2.45) is 0 Å². The number of thioether (sulfide) groups is 1. The number of aryl methyl sites for hydroxylation is 1. The number of fused-ring (bicyclic) bond motifs is 2. The number of rotatable bonds is 5. The molecule has 0 saturated carbocycles. The molecular formula is C20H18N4OS2. The van der Waals surface area contributed by atoms with Crippen molar-refractivity contribution in [3.8, 4) is 11.4 Å². The average molecular weight is 395 g/mol. The molecule has 5 nitrogen and oxygen atoms in total. The molecule has 1 aliphatic rings. The molecule has 5 rings (SSSR count). The number of benzene rings is 1. The van der Waals surface area contributed by atoms with Gasteiger partial charge in [-0.05, 0) is 42.5 Å². The van der Waals surface area contributed by atoms with Gasteiger partial charge < -0.3 is 10.3 Å². The highest BCUT2D eigenvalue weighted by atomic mass is 32.2. The second-order valence-corrected chi connectivity index (χ2v) is 8.69. The Morgan fingerprint density at radius 2 is 2.22 bits per heavy atom. The summed E-state index contributed by atoms with van der Waals surface area (Å²) in [5.41, 5.74) is 4.82. The lowest BCUT2D eigenvalue weighted by Crippen LogP contribution is -2.25. The van der Waals surface area contributed by atoms with Crippen molar-refractivity contribution in [1.82, 2.24) is 20.5 Å². The van der Waals surface area contributed by atoms with E-state index in [4.69, 9.17) is 0 Å². The minimum Gasteiger partial charge on any atom is -0.353 e. The molecule has 0 atom stereocenters. The minimum absolute atomic E-state index is 0.0409. The number of aromatic amines is 2. The molecule has 0 radical (unpaired) electrons. The molecule has 0 spiro atoms. The van der Waals surface area contributed by atoms with Gasteiger partial charge in [-0.3, -0.25) is 9.89 Å². The second-order valence-electron chi connectivity index (χ2n) is 6.55. The SMILES string of the molecule is O=C(NCCc1cccs1)c1ccc2cc(-c3n[nH]c4c3SCC4)[nH]c2c1. The van der Waals surface area contributed by atoms with Crippen LogP contribution in [0.3, 0.4) is 0 Å². The van der Waals surface area contributed by atoms with Crippen LogP contribution in [0.4, 0.5) is 0 Å². The number of thiophene rings is 1. The van der Waals surface area contributed by atoms with E-state index >= 15 is 0 Å². The van der Waals surface area contributed by atoms with Crippen LogP contribution < -0.4 is 5.32 Å². The normalized spacial score (nSPS) is 13.2. The number of carbonyl (C=O) groups excluding carboxylic acids is 1. The van der Waals surface area contributed by atoms with E-state index in [1.165, 1.54) is 15.5 Å². The first-order valence-corrected chi connectivity index (χ1v) is 10.8. The lowest BCUT2D eigenvalue weighted by molar-refractivity contribution is 0.0954. The monoisotopic (exact) mass is 394 g/mol. The first-order chi connectivity index (χ1) is 13.3. The molecule has 3 aromatic heterocycles. The number of amides is 1. The zero-order valence-electron chi connectivity index (χ0n) is 14.5. The Labute approximate surface area is 164 Å². The Kier molecular flexibility index (Phi) is 4.26. The quantitative estimate of drug-likeness (QED) is 0.474. The number of hydrogen-bond donors (Lipinski definition) is 3. The van der Waals surface area contributed by atoms with Crippen LogP contribution in [-0.2, 0) is 12.8 Å². The van der Waals surface area contributed by atoms with Crippen molar-refractivity contribution >= 4 is 39.9 Å². The predicted octanol–water partition coefficient (Wildman–Crippen LogP) is 4.24. The van der Waals surface area contributed by atoms with Crippen molar-refractivity contribution in [2.75, 3.05) is 12.3 Å².